The summed E-state index contributed by atoms with van der Waals surface area (Å²) < 4.78 is 4.31. The highest BCUT2D eigenvalue weighted by molar-refractivity contribution is 5.76. The number of benzene rings is 1. The maximum atomic E-state index is 13.0. The Hall–Kier alpha value is -3.49. The molecule has 0 aliphatic carbocycles. The molecule has 31 heavy (non-hydrogen) atoms. The van der Waals surface area contributed by atoms with E-state index in [1.807, 2.05) is 30.3 Å². The summed E-state index contributed by atoms with van der Waals surface area (Å²) in [5.74, 6) is 0.448. The molecule has 1 saturated heterocycles. The first-order valence-corrected chi connectivity index (χ1v) is 10.4. The van der Waals surface area contributed by atoms with E-state index in [1.165, 1.54) is 15.6 Å². The molecule has 0 N–H and O–H groups in total. The van der Waals surface area contributed by atoms with Crippen molar-refractivity contribution in [3.8, 4) is 5.69 Å². The van der Waals surface area contributed by atoms with Gasteiger partial charge in [0.05, 0.1) is 12.0 Å². The highest BCUT2D eigenvalue weighted by atomic mass is 16.2. The topological polar surface area (TPSA) is 95.0 Å². The Labute approximate surface area is 179 Å². The Balaban J connectivity index is 1.58. The Kier molecular flexibility index (Phi) is 5.58. The molecule has 0 spiro atoms. The number of carbonyl (C=O) groups is 1. The molecule has 1 aliphatic rings. The molecule has 9 nitrogen and oxygen atoms in total. The number of hydrogen-bond donors (Lipinski definition) is 0. The fourth-order valence-electron chi connectivity index (χ4n) is 4.02. The smallest absolute Gasteiger partial charge is 0.340 e. The first-order chi connectivity index (χ1) is 14.9. The third kappa shape index (κ3) is 3.95. The Morgan fingerprint density at radius 3 is 2.65 bits per heavy atom. The summed E-state index contributed by atoms with van der Waals surface area (Å²) in [6.45, 7) is 4.51. The normalized spacial score (nSPS) is 16.5. The minimum Gasteiger partial charge on any atom is -0.340 e. The van der Waals surface area contributed by atoms with E-state index in [2.05, 4.69) is 10.1 Å². The van der Waals surface area contributed by atoms with Crippen LogP contribution in [-0.2, 0) is 18.4 Å². The van der Waals surface area contributed by atoms with Gasteiger partial charge in [0, 0.05) is 37.3 Å². The Bertz CT molecular complexity index is 1220. The molecule has 4 rings (SSSR count). The third-order valence-electron chi connectivity index (χ3n) is 5.92. The number of likely N-dealkylation sites (tertiary alicyclic amines) is 1. The predicted molar refractivity (Wildman–Crippen MR) is 115 cm³/mol. The van der Waals surface area contributed by atoms with Crippen LogP contribution in [0.4, 0.5) is 0 Å². The number of hydrogen-bond acceptors (Lipinski definition) is 5. The van der Waals surface area contributed by atoms with Crippen LogP contribution in [-0.4, -0.2) is 47.8 Å². The first kappa shape index (κ1) is 20.8. The van der Waals surface area contributed by atoms with Gasteiger partial charge in [-0.3, -0.25) is 14.2 Å². The highest BCUT2D eigenvalue weighted by Crippen LogP contribution is 2.26. The second-order valence-electron chi connectivity index (χ2n) is 8.00. The van der Waals surface area contributed by atoms with Crippen LogP contribution in [0.1, 0.15) is 35.8 Å². The van der Waals surface area contributed by atoms with Gasteiger partial charge in [0.2, 0.25) is 5.91 Å². The fourth-order valence-corrected chi connectivity index (χ4v) is 4.02. The van der Waals surface area contributed by atoms with Crippen LogP contribution in [0.5, 0.6) is 0 Å². The zero-order valence-corrected chi connectivity index (χ0v) is 18.0. The van der Waals surface area contributed by atoms with E-state index in [1.54, 1.807) is 30.4 Å². The minimum absolute atomic E-state index is 0.0482. The van der Waals surface area contributed by atoms with Crippen molar-refractivity contribution in [1.82, 2.24) is 28.8 Å². The molecule has 3 heterocycles. The van der Waals surface area contributed by atoms with Crippen molar-refractivity contribution >= 4 is 5.91 Å². The van der Waals surface area contributed by atoms with E-state index < -0.39 is 0 Å². The number of rotatable bonds is 4. The van der Waals surface area contributed by atoms with E-state index in [4.69, 9.17) is 0 Å². The lowest BCUT2D eigenvalue weighted by atomic mass is 9.97. The highest BCUT2D eigenvalue weighted by Gasteiger charge is 2.30. The summed E-state index contributed by atoms with van der Waals surface area (Å²) in [6.07, 6.45) is 3.06. The average molecular weight is 422 g/mol. The van der Waals surface area contributed by atoms with Crippen molar-refractivity contribution in [3.63, 3.8) is 0 Å². The summed E-state index contributed by atoms with van der Waals surface area (Å²) in [5.41, 5.74) is 1.56. The molecular formula is C22H26N6O3. The summed E-state index contributed by atoms with van der Waals surface area (Å²) in [5, 5.41) is 4.49. The zero-order chi connectivity index (χ0) is 22.1. The van der Waals surface area contributed by atoms with Crippen LogP contribution in [0.15, 0.2) is 46.2 Å². The molecule has 1 fully saturated rings. The van der Waals surface area contributed by atoms with Gasteiger partial charge >= 0.3 is 5.69 Å². The third-order valence-corrected chi connectivity index (χ3v) is 5.92. The van der Waals surface area contributed by atoms with Gasteiger partial charge < -0.3 is 4.90 Å². The van der Waals surface area contributed by atoms with E-state index in [0.717, 1.165) is 18.5 Å². The van der Waals surface area contributed by atoms with Crippen LogP contribution < -0.4 is 11.2 Å². The van der Waals surface area contributed by atoms with Crippen molar-refractivity contribution in [2.24, 2.45) is 7.05 Å². The van der Waals surface area contributed by atoms with Gasteiger partial charge in [-0.2, -0.15) is 5.10 Å². The van der Waals surface area contributed by atoms with Crippen LogP contribution in [0, 0.1) is 13.8 Å². The van der Waals surface area contributed by atoms with Gasteiger partial charge in [0.15, 0.2) is 0 Å². The number of piperidine rings is 1. The maximum absolute atomic E-state index is 13.0. The van der Waals surface area contributed by atoms with Crippen molar-refractivity contribution in [1.29, 1.82) is 0 Å². The Morgan fingerprint density at radius 1 is 1.16 bits per heavy atom. The summed E-state index contributed by atoms with van der Waals surface area (Å²) >= 11 is 0. The summed E-state index contributed by atoms with van der Waals surface area (Å²) in [6, 6.07) is 9.40. The molecule has 0 unspecified atom stereocenters. The molecule has 162 valence electrons. The second kappa shape index (κ2) is 8.33. The number of para-hydroxylation sites is 1. The van der Waals surface area contributed by atoms with Crippen LogP contribution in [0.2, 0.25) is 0 Å². The van der Waals surface area contributed by atoms with E-state index >= 15 is 0 Å². The molecule has 0 bridgehead atoms. The number of nitrogens with zero attached hydrogens (tertiary/aromatic N) is 6. The van der Waals surface area contributed by atoms with Crippen LogP contribution in [0.3, 0.4) is 0 Å². The predicted octanol–water partition coefficient (Wildman–Crippen LogP) is 1.15. The zero-order valence-electron chi connectivity index (χ0n) is 18.0. The van der Waals surface area contributed by atoms with Gasteiger partial charge in [0.1, 0.15) is 12.4 Å². The molecule has 0 saturated carbocycles. The number of aromatic nitrogens is 5. The lowest BCUT2D eigenvalue weighted by Gasteiger charge is -2.32. The standard InChI is InChI=1S/C22H26N6O3/c1-15-16(2)23-14-27(21(15)30)13-19(29)26-11-7-8-17(12-26)20-24-25(3)22(31)28(20)18-9-5-4-6-10-18/h4-6,9-10,14,17H,7-8,11-13H2,1-3H3/t17-/m0/s1. The quantitative estimate of drug-likeness (QED) is 0.629. The lowest BCUT2D eigenvalue weighted by Crippen LogP contribution is -2.43. The van der Waals surface area contributed by atoms with Gasteiger partial charge in [-0.15, -0.1) is 0 Å². The molecule has 1 amide bonds. The minimum atomic E-state index is -0.211. The molecule has 1 atom stereocenters. The van der Waals surface area contributed by atoms with Crippen molar-refractivity contribution in [3.05, 3.63) is 74.6 Å². The van der Waals surface area contributed by atoms with Crippen molar-refractivity contribution in [2.45, 2.75) is 39.2 Å². The largest absolute Gasteiger partial charge is 0.350 e. The van der Waals surface area contributed by atoms with Crippen LogP contribution >= 0.6 is 0 Å². The molecule has 9 heteroatoms. The van der Waals surface area contributed by atoms with E-state index in [-0.39, 0.29) is 29.6 Å². The number of carbonyl (C=O) groups excluding carboxylic acids is 1. The molecule has 2 aromatic heterocycles. The van der Waals surface area contributed by atoms with Gasteiger partial charge in [0.25, 0.3) is 5.56 Å². The molecule has 3 aromatic rings. The maximum Gasteiger partial charge on any atom is 0.350 e. The molecule has 1 aromatic carbocycles. The van der Waals surface area contributed by atoms with Gasteiger partial charge in [-0.1, -0.05) is 18.2 Å². The molecule has 1 aliphatic heterocycles. The summed E-state index contributed by atoms with van der Waals surface area (Å²) in [4.78, 5) is 44.1. The number of amides is 1. The molecular weight excluding hydrogens is 396 g/mol. The first-order valence-electron chi connectivity index (χ1n) is 10.4. The lowest BCUT2D eigenvalue weighted by molar-refractivity contribution is -0.133. The van der Waals surface area contributed by atoms with E-state index in [9.17, 15) is 14.4 Å². The second-order valence-corrected chi connectivity index (χ2v) is 8.00. The SMILES string of the molecule is Cc1ncn(CC(=O)N2CCC[C@H](c3nn(C)c(=O)n3-c3ccccc3)C2)c(=O)c1C. The van der Waals surface area contributed by atoms with E-state index in [0.29, 0.717) is 30.2 Å². The van der Waals surface area contributed by atoms with Crippen molar-refractivity contribution < 1.29 is 4.79 Å². The number of aryl methyl sites for hydroxylation is 2. The van der Waals surface area contributed by atoms with Crippen molar-refractivity contribution in [2.75, 3.05) is 13.1 Å². The van der Waals surface area contributed by atoms with Crippen LogP contribution in [0.25, 0.3) is 5.69 Å². The van der Waals surface area contributed by atoms with Gasteiger partial charge in [-0.25, -0.2) is 19.0 Å². The monoisotopic (exact) mass is 422 g/mol. The fraction of sp³-hybridized carbons (Fsp3) is 0.409. The van der Waals surface area contributed by atoms with Gasteiger partial charge in [-0.05, 0) is 38.8 Å². The average Bonchev–Trinajstić information content (AvgIpc) is 3.09. The Morgan fingerprint density at radius 2 is 1.90 bits per heavy atom. The summed E-state index contributed by atoms with van der Waals surface area (Å²) in [7, 11) is 1.64. The molecule has 0 radical (unpaired) electrons.